The first-order valence-electron chi connectivity index (χ1n) is 19.9. The lowest BCUT2D eigenvalue weighted by molar-refractivity contribution is 0.243. The van der Waals surface area contributed by atoms with E-state index in [1.807, 2.05) is 0 Å². The molecule has 0 fully saturated rings. The largest absolute Gasteiger partial charge is 0.0885 e. The Bertz CT molecular complexity index is 476. The van der Waals surface area contributed by atoms with Crippen LogP contribution in [0.15, 0.2) is 12.2 Å². The molecule has 0 nitrogen and oxygen atoms in total. The van der Waals surface area contributed by atoms with Crippen LogP contribution in [-0.4, -0.2) is 0 Å². The van der Waals surface area contributed by atoms with E-state index in [2.05, 4.69) is 39.8 Å². The summed E-state index contributed by atoms with van der Waals surface area (Å²) in [5.74, 6) is 1.97. The Hall–Kier alpha value is -0.260. The fourth-order valence-electron chi connectivity index (χ4n) is 6.91. The zero-order chi connectivity index (χ0) is 29.9. The molecule has 0 radical (unpaired) electrons. The molecular formula is C41H82. The maximum absolute atomic E-state index is 2.55. The van der Waals surface area contributed by atoms with Gasteiger partial charge in [-0.1, -0.05) is 226 Å². The van der Waals surface area contributed by atoms with Gasteiger partial charge in [0.2, 0.25) is 0 Å². The van der Waals surface area contributed by atoms with Crippen LogP contribution in [0.5, 0.6) is 0 Å². The fourth-order valence-corrected chi connectivity index (χ4v) is 6.91. The van der Waals surface area contributed by atoms with Crippen molar-refractivity contribution < 1.29 is 0 Å². The van der Waals surface area contributed by atoms with Crippen LogP contribution in [0.2, 0.25) is 0 Å². The molecule has 0 aliphatic carbocycles. The minimum Gasteiger partial charge on any atom is -0.0885 e. The van der Waals surface area contributed by atoms with Gasteiger partial charge >= 0.3 is 0 Å². The van der Waals surface area contributed by atoms with Gasteiger partial charge in [-0.3, -0.25) is 0 Å². The van der Waals surface area contributed by atoms with Crippen LogP contribution in [0, 0.1) is 11.8 Å². The maximum atomic E-state index is 2.55. The Balaban J connectivity index is 4.75. The molecular weight excluding hydrogens is 492 g/mol. The molecule has 0 saturated heterocycles. The highest BCUT2D eigenvalue weighted by Gasteiger charge is 2.20. The number of hydrogen-bond donors (Lipinski definition) is 0. The first-order chi connectivity index (χ1) is 20.3. The van der Waals surface area contributed by atoms with Gasteiger partial charge in [-0.15, -0.1) is 0 Å². The van der Waals surface area contributed by atoms with Crippen molar-refractivity contribution >= 4 is 0 Å². The summed E-state index contributed by atoms with van der Waals surface area (Å²) in [6.07, 6.45) is 52.9. The minimum absolute atomic E-state index is 0.976. The van der Waals surface area contributed by atoms with Crippen LogP contribution in [0.25, 0.3) is 0 Å². The molecule has 0 heteroatoms. The molecule has 0 saturated carbocycles. The van der Waals surface area contributed by atoms with Crippen molar-refractivity contribution in [3.63, 3.8) is 0 Å². The van der Waals surface area contributed by atoms with E-state index < -0.39 is 0 Å². The van der Waals surface area contributed by atoms with Gasteiger partial charge < -0.3 is 0 Å². The summed E-state index contributed by atoms with van der Waals surface area (Å²) in [4.78, 5) is 0. The number of unbranched alkanes of at least 4 members (excludes halogenated alkanes) is 24. The van der Waals surface area contributed by atoms with E-state index >= 15 is 0 Å². The van der Waals surface area contributed by atoms with E-state index in [9.17, 15) is 0 Å². The van der Waals surface area contributed by atoms with Gasteiger partial charge in [0.25, 0.3) is 0 Å². The number of allylic oxidation sites excluding steroid dienone is 2. The summed E-state index contributed by atoms with van der Waals surface area (Å²) >= 11 is 0. The van der Waals surface area contributed by atoms with E-state index in [0.717, 1.165) is 11.8 Å². The van der Waals surface area contributed by atoms with Crippen LogP contribution in [0.4, 0.5) is 0 Å². The molecule has 0 aromatic rings. The summed E-state index contributed by atoms with van der Waals surface area (Å²) in [5, 5.41) is 0. The van der Waals surface area contributed by atoms with Gasteiger partial charge in [0.1, 0.15) is 0 Å². The molecule has 2 unspecified atom stereocenters. The third-order valence-electron chi connectivity index (χ3n) is 9.80. The van der Waals surface area contributed by atoms with Crippen LogP contribution in [0.1, 0.15) is 240 Å². The SMILES string of the molecule is CCCCC/C=C/CCC(CCCCCCCCCCCC)C(CCCCCCCC)CCCCCCCCCC. The van der Waals surface area contributed by atoms with E-state index in [4.69, 9.17) is 0 Å². The van der Waals surface area contributed by atoms with Crippen LogP contribution in [0.3, 0.4) is 0 Å². The monoisotopic (exact) mass is 575 g/mol. The molecule has 0 spiro atoms. The van der Waals surface area contributed by atoms with E-state index in [-0.39, 0.29) is 0 Å². The van der Waals surface area contributed by atoms with Crippen molar-refractivity contribution in [1.29, 1.82) is 0 Å². The molecule has 2 atom stereocenters. The van der Waals surface area contributed by atoms with Crippen molar-refractivity contribution in [3.05, 3.63) is 12.2 Å². The predicted molar refractivity (Wildman–Crippen MR) is 191 cm³/mol. The number of hydrogen-bond acceptors (Lipinski definition) is 0. The quantitative estimate of drug-likeness (QED) is 0.0521. The predicted octanol–water partition coefficient (Wildman–Crippen LogP) is 15.7. The summed E-state index contributed by atoms with van der Waals surface area (Å²) < 4.78 is 0. The molecule has 0 bridgehead atoms. The molecule has 0 heterocycles. The highest BCUT2D eigenvalue weighted by Crippen LogP contribution is 2.33. The molecule has 0 aromatic heterocycles. The summed E-state index contributed by atoms with van der Waals surface area (Å²) in [7, 11) is 0. The zero-order valence-corrected chi connectivity index (χ0v) is 29.6. The molecule has 0 aliphatic heterocycles. The Morgan fingerprint density at radius 1 is 0.268 bits per heavy atom. The summed E-state index contributed by atoms with van der Waals surface area (Å²) in [6.45, 7) is 9.32. The van der Waals surface area contributed by atoms with Crippen molar-refractivity contribution in [2.24, 2.45) is 11.8 Å². The first-order valence-corrected chi connectivity index (χ1v) is 19.9. The smallest absolute Gasteiger partial charge is 0.0348 e. The lowest BCUT2D eigenvalue weighted by Gasteiger charge is -2.28. The van der Waals surface area contributed by atoms with Gasteiger partial charge in [-0.2, -0.15) is 0 Å². The lowest BCUT2D eigenvalue weighted by Crippen LogP contribution is -2.16. The van der Waals surface area contributed by atoms with E-state index in [0.29, 0.717) is 0 Å². The molecule has 0 N–H and O–H groups in total. The Morgan fingerprint density at radius 2 is 0.537 bits per heavy atom. The molecule has 0 aromatic carbocycles. The van der Waals surface area contributed by atoms with Gasteiger partial charge in [0.05, 0.1) is 0 Å². The standard InChI is InChI=1S/C41H82/c1-5-9-13-17-21-23-24-27-31-35-39-41(37-33-29-25-19-15-11-7-3)40(36-32-28-20-16-12-8-4)38-34-30-26-22-18-14-10-6-2/h25,29,40-41H,5-24,26-28,30-39H2,1-4H3/b29-25+. The Labute approximate surface area is 263 Å². The van der Waals surface area contributed by atoms with E-state index in [1.165, 1.54) is 212 Å². The highest BCUT2D eigenvalue weighted by molar-refractivity contribution is 4.83. The fraction of sp³-hybridized carbons (Fsp3) is 0.951. The average molecular weight is 575 g/mol. The Morgan fingerprint density at radius 3 is 0.902 bits per heavy atom. The summed E-state index contributed by atoms with van der Waals surface area (Å²) in [6, 6.07) is 0. The molecule has 0 rings (SSSR count). The van der Waals surface area contributed by atoms with Crippen molar-refractivity contribution in [2.75, 3.05) is 0 Å². The minimum atomic E-state index is 0.976. The van der Waals surface area contributed by atoms with Crippen LogP contribution < -0.4 is 0 Å². The highest BCUT2D eigenvalue weighted by atomic mass is 14.3. The third-order valence-corrected chi connectivity index (χ3v) is 9.80. The van der Waals surface area contributed by atoms with Crippen molar-refractivity contribution in [1.82, 2.24) is 0 Å². The molecule has 0 aliphatic rings. The Kier molecular flexibility index (Phi) is 35.7. The van der Waals surface area contributed by atoms with Crippen LogP contribution >= 0.6 is 0 Å². The van der Waals surface area contributed by atoms with Crippen LogP contribution in [-0.2, 0) is 0 Å². The van der Waals surface area contributed by atoms with E-state index in [1.54, 1.807) is 0 Å². The average Bonchev–Trinajstić information content (AvgIpc) is 2.98. The number of rotatable bonds is 35. The normalized spacial score (nSPS) is 13.4. The second kappa shape index (κ2) is 35.9. The summed E-state index contributed by atoms with van der Waals surface area (Å²) in [5.41, 5.74) is 0. The third kappa shape index (κ3) is 31.0. The molecule has 41 heavy (non-hydrogen) atoms. The van der Waals surface area contributed by atoms with Gasteiger partial charge in [-0.25, -0.2) is 0 Å². The lowest BCUT2D eigenvalue weighted by atomic mass is 9.78. The van der Waals surface area contributed by atoms with Crippen molar-refractivity contribution in [2.45, 2.75) is 240 Å². The second-order valence-corrected chi connectivity index (χ2v) is 13.9. The molecule has 0 amide bonds. The first kappa shape index (κ1) is 40.7. The zero-order valence-electron chi connectivity index (χ0n) is 29.6. The van der Waals surface area contributed by atoms with Gasteiger partial charge in [0.15, 0.2) is 0 Å². The maximum Gasteiger partial charge on any atom is -0.0348 e. The van der Waals surface area contributed by atoms with Gasteiger partial charge in [0, 0.05) is 0 Å². The van der Waals surface area contributed by atoms with Crippen molar-refractivity contribution in [3.8, 4) is 0 Å². The topological polar surface area (TPSA) is 0 Å². The second-order valence-electron chi connectivity index (χ2n) is 13.9. The molecule has 246 valence electrons. The van der Waals surface area contributed by atoms with Gasteiger partial charge in [-0.05, 0) is 37.5 Å².